The maximum atomic E-state index is 3.51. The summed E-state index contributed by atoms with van der Waals surface area (Å²) in [6.45, 7) is 15.2. The van der Waals surface area contributed by atoms with Crippen molar-refractivity contribution in [3.05, 3.63) is 29.8 Å². The van der Waals surface area contributed by atoms with Crippen LogP contribution in [0, 0.1) is 0 Å². The molecule has 18 heavy (non-hydrogen) atoms. The summed E-state index contributed by atoms with van der Waals surface area (Å²) in [6.07, 6.45) is 0. The largest absolute Gasteiger partial charge is 0.369 e. The predicted molar refractivity (Wildman–Crippen MR) is 81.2 cm³/mol. The van der Waals surface area contributed by atoms with Crippen molar-refractivity contribution in [1.29, 1.82) is 0 Å². The third-order valence-corrected chi connectivity index (χ3v) is 3.05. The highest BCUT2D eigenvalue weighted by atomic mass is 15.1. The molecule has 0 spiro atoms. The number of nitrogens with one attached hydrogen (secondary N) is 1. The van der Waals surface area contributed by atoms with Gasteiger partial charge in [0.1, 0.15) is 0 Å². The van der Waals surface area contributed by atoms with Gasteiger partial charge in [0.25, 0.3) is 0 Å². The van der Waals surface area contributed by atoms with Crippen LogP contribution >= 0.6 is 0 Å². The lowest BCUT2D eigenvalue weighted by Gasteiger charge is -2.27. The number of hydrogen-bond acceptors (Lipinski definition) is 2. The number of nitrogens with zero attached hydrogens (tertiary/aromatic N) is 1. The summed E-state index contributed by atoms with van der Waals surface area (Å²) >= 11 is 0. The summed E-state index contributed by atoms with van der Waals surface area (Å²) in [5.74, 6) is 0. The standard InChI is InChI=1S/C16H28N2/c1-7-18(13(2)3)15-10-8-14(9-11-15)12-17-16(4,5)6/h8-11,13,17H,7,12H2,1-6H3. The summed E-state index contributed by atoms with van der Waals surface area (Å²) in [5, 5.41) is 3.51. The van der Waals surface area contributed by atoms with Crippen LogP contribution in [0.25, 0.3) is 0 Å². The molecule has 0 fully saturated rings. The molecule has 2 nitrogen and oxygen atoms in total. The minimum atomic E-state index is 0.173. The second-order valence-electron chi connectivity index (χ2n) is 6.15. The van der Waals surface area contributed by atoms with Crippen LogP contribution in [0.4, 0.5) is 5.69 Å². The second-order valence-corrected chi connectivity index (χ2v) is 6.15. The Balaban J connectivity index is 2.68. The first kappa shape index (κ1) is 15.0. The van der Waals surface area contributed by atoms with E-state index in [2.05, 4.69) is 76.0 Å². The molecule has 1 N–H and O–H groups in total. The summed E-state index contributed by atoms with van der Waals surface area (Å²) in [6, 6.07) is 9.44. The van der Waals surface area contributed by atoms with E-state index in [0.717, 1.165) is 13.1 Å². The fourth-order valence-corrected chi connectivity index (χ4v) is 2.02. The molecule has 102 valence electrons. The topological polar surface area (TPSA) is 15.3 Å². The van der Waals surface area contributed by atoms with E-state index in [1.54, 1.807) is 0 Å². The van der Waals surface area contributed by atoms with E-state index in [9.17, 15) is 0 Å². The molecule has 0 unspecified atom stereocenters. The first-order valence-electron chi connectivity index (χ1n) is 6.94. The van der Waals surface area contributed by atoms with Gasteiger partial charge < -0.3 is 10.2 Å². The van der Waals surface area contributed by atoms with Gasteiger partial charge in [0.2, 0.25) is 0 Å². The SMILES string of the molecule is CCN(c1ccc(CNC(C)(C)C)cc1)C(C)C. The van der Waals surface area contributed by atoms with Crippen LogP contribution < -0.4 is 10.2 Å². The Bertz CT molecular complexity index is 346. The molecule has 0 amide bonds. The predicted octanol–water partition coefficient (Wildman–Crippen LogP) is 3.81. The fourth-order valence-electron chi connectivity index (χ4n) is 2.02. The summed E-state index contributed by atoms with van der Waals surface area (Å²) in [4.78, 5) is 2.40. The molecule has 0 aliphatic carbocycles. The van der Waals surface area contributed by atoms with Gasteiger partial charge in [-0.3, -0.25) is 0 Å². The van der Waals surface area contributed by atoms with Gasteiger partial charge in [-0.15, -0.1) is 0 Å². The minimum Gasteiger partial charge on any atom is -0.369 e. The van der Waals surface area contributed by atoms with E-state index in [1.807, 2.05) is 0 Å². The lowest BCUT2D eigenvalue weighted by Crippen LogP contribution is -2.35. The molecule has 0 heterocycles. The zero-order valence-corrected chi connectivity index (χ0v) is 12.7. The van der Waals surface area contributed by atoms with Crippen molar-refractivity contribution >= 4 is 5.69 Å². The molecule has 2 heteroatoms. The number of hydrogen-bond donors (Lipinski definition) is 1. The Morgan fingerprint density at radius 3 is 2.06 bits per heavy atom. The van der Waals surface area contributed by atoms with Gasteiger partial charge >= 0.3 is 0 Å². The Morgan fingerprint density at radius 1 is 1.11 bits per heavy atom. The first-order chi connectivity index (χ1) is 8.33. The Morgan fingerprint density at radius 2 is 1.67 bits per heavy atom. The average molecular weight is 248 g/mol. The monoisotopic (exact) mass is 248 g/mol. The van der Waals surface area contributed by atoms with Crippen LogP contribution in [0.1, 0.15) is 47.1 Å². The van der Waals surface area contributed by atoms with Gasteiger partial charge in [-0.1, -0.05) is 12.1 Å². The smallest absolute Gasteiger partial charge is 0.0368 e. The number of anilines is 1. The molecule has 0 aliphatic rings. The minimum absolute atomic E-state index is 0.173. The van der Waals surface area contributed by atoms with Crippen LogP contribution in [0.5, 0.6) is 0 Å². The summed E-state index contributed by atoms with van der Waals surface area (Å²) in [5.41, 5.74) is 2.83. The van der Waals surface area contributed by atoms with Gasteiger partial charge in [-0.2, -0.15) is 0 Å². The van der Waals surface area contributed by atoms with Crippen molar-refractivity contribution in [2.24, 2.45) is 0 Å². The first-order valence-corrected chi connectivity index (χ1v) is 6.94. The lowest BCUT2D eigenvalue weighted by molar-refractivity contribution is 0.424. The van der Waals surface area contributed by atoms with Gasteiger partial charge in [-0.25, -0.2) is 0 Å². The fraction of sp³-hybridized carbons (Fsp3) is 0.625. The molecule has 0 atom stereocenters. The normalized spacial score (nSPS) is 11.9. The molecule has 0 saturated heterocycles. The maximum absolute atomic E-state index is 3.51. The molecular formula is C16H28N2. The van der Waals surface area contributed by atoms with Gasteiger partial charge in [0.05, 0.1) is 0 Å². The Labute approximate surface area is 112 Å². The van der Waals surface area contributed by atoms with Crippen LogP contribution in [0.3, 0.4) is 0 Å². The Hall–Kier alpha value is -1.02. The van der Waals surface area contributed by atoms with E-state index in [-0.39, 0.29) is 5.54 Å². The molecular weight excluding hydrogens is 220 g/mol. The van der Waals surface area contributed by atoms with Crippen molar-refractivity contribution in [3.8, 4) is 0 Å². The molecule has 0 radical (unpaired) electrons. The highest BCUT2D eigenvalue weighted by Crippen LogP contribution is 2.18. The summed E-state index contributed by atoms with van der Waals surface area (Å²) < 4.78 is 0. The van der Waals surface area contributed by atoms with Gasteiger partial charge in [-0.05, 0) is 59.2 Å². The quantitative estimate of drug-likeness (QED) is 0.852. The number of benzene rings is 1. The zero-order chi connectivity index (χ0) is 13.8. The second kappa shape index (κ2) is 6.24. The van der Waals surface area contributed by atoms with E-state index in [1.165, 1.54) is 11.3 Å². The molecule has 0 aliphatic heterocycles. The van der Waals surface area contributed by atoms with Crippen LogP contribution in [0.15, 0.2) is 24.3 Å². The van der Waals surface area contributed by atoms with E-state index in [0.29, 0.717) is 6.04 Å². The molecule has 1 aromatic carbocycles. The Kier molecular flexibility index (Phi) is 5.21. The van der Waals surface area contributed by atoms with E-state index < -0.39 is 0 Å². The molecule has 0 bridgehead atoms. The van der Waals surface area contributed by atoms with Crippen molar-refractivity contribution in [2.75, 3.05) is 11.4 Å². The molecule has 1 rings (SSSR count). The third kappa shape index (κ3) is 4.69. The molecule has 1 aromatic rings. The van der Waals surface area contributed by atoms with Crippen molar-refractivity contribution < 1.29 is 0 Å². The van der Waals surface area contributed by atoms with E-state index in [4.69, 9.17) is 0 Å². The van der Waals surface area contributed by atoms with E-state index >= 15 is 0 Å². The van der Waals surface area contributed by atoms with Gasteiger partial charge in [0.15, 0.2) is 0 Å². The molecule has 0 saturated carbocycles. The highest BCUT2D eigenvalue weighted by Gasteiger charge is 2.10. The molecule has 0 aromatic heterocycles. The van der Waals surface area contributed by atoms with Crippen molar-refractivity contribution in [1.82, 2.24) is 5.32 Å². The van der Waals surface area contributed by atoms with Crippen molar-refractivity contribution in [3.63, 3.8) is 0 Å². The van der Waals surface area contributed by atoms with Crippen LogP contribution in [-0.2, 0) is 6.54 Å². The summed E-state index contributed by atoms with van der Waals surface area (Å²) in [7, 11) is 0. The third-order valence-electron chi connectivity index (χ3n) is 3.05. The maximum Gasteiger partial charge on any atom is 0.0368 e. The number of rotatable bonds is 5. The highest BCUT2D eigenvalue weighted by molar-refractivity contribution is 5.48. The zero-order valence-electron chi connectivity index (χ0n) is 12.7. The van der Waals surface area contributed by atoms with Crippen LogP contribution in [-0.4, -0.2) is 18.1 Å². The lowest BCUT2D eigenvalue weighted by atomic mass is 10.1. The van der Waals surface area contributed by atoms with Crippen LogP contribution in [0.2, 0.25) is 0 Å². The average Bonchev–Trinajstić information content (AvgIpc) is 2.27. The van der Waals surface area contributed by atoms with Gasteiger partial charge in [0, 0.05) is 30.4 Å². The van der Waals surface area contributed by atoms with Crippen molar-refractivity contribution in [2.45, 2.75) is 59.7 Å².